The Morgan fingerprint density at radius 2 is 1.89 bits per heavy atom. The molecule has 7 heteroatoms. The molecule has 1 aromatic carbocycles. The number of hydrogen-bond acceptors (Lipinski definition) is 3. The Bertz CT molecular complexity index is 642. The van der Waals surface area contributed by atoms with Crippen molar-refractivity contribution in [1.29, 1.82) is 0 Å². The molecule has 1 aromatic rings. The van der Waals surface area contributed by atoms with E-state index >= 15 is 0 Å². The number of benzene rings is 1. The SMILES string of the molecule is CN=C(NCc1ccc(C(=O)N(C)C)cc1)NCC1CCN(C2CC2)C1.I. The first kappa shape index (κ1) is 21.9. The second-order valence-corrected chi connectivity index (χ2v) is 7.58. The summed E-state index contributed by atoms with van der Waals surface area (Å²) in [5.74, 6) is 1.58. The highest BCUT2D eigenvalue weighted by Crippen LogP contribution is 2.31. The number of carbonyl (C=O) groups excluding carboxylic acids is 1. The predicted octanol–water partition coefficient (Wildman–Crippen LogP) is 2.16. The maximum absolute atomic E-state index is 11.9. The third-order valence-electron chi connectivity index (χ3n) is 5.23. The van der Waals surface area contributed by atoms with Gasteiger partial charge < -0.3 is 20.4 Å². The Kier molecular flexibility index (Phi) is 8.34. The van der Waals surface area contributed by atoms with Crippen LogP contribution in [0.4, 0.5) is 0 Å². The number of aliphatic imine (C=N–C) groups is 1. The molecular weight excluding hydrogens is 453 g/mol. The molecule has 6 nitrogen and oxygen atoms in total. The van der Waals surface area contributed by atoms with Crippen molar-refractivity contribution >= 4 is 35.8 Å². The Morgan fingerprint density at radius 1 is 1.19 bits per heavy atom. The van der Waals surface area contributed by atoms with E-state index in [-0.39, 0.29) is 29.9 Å². The molecule has 1 heterocycles. The summed E-state index contributed by atoms with van der Waals surface area (Å²) in [5.41, 5.74) is 1.84. The highest BCUT2D eigenvalue weighted by atomic mass is 127. The maximum atomic E-state index is 11.9. The van der Waals surface area contributed by atoms with Gasteiger partial charge in [0.25, 0.3) is 5.91 Å². The molecule has 1 saturated carbocycles. The van der Waals surface area contributed by atoms with Gasteiger partial charge in [0.1, 0.15) is 0 Å². The first-order chi connectivity index (χ1) is 12.6. The molecule has 2 fully saturated rings. The highest BCUT2D eigenvalue weighted by molar-refractivity contribution is 14.0. The smallest absolute Gasteiger partial charge is 0.253 e. The zero-order valence-corrected chi connectivity index (χ0v) is 18.9. The Morgan fingerprint density at radius 3 is 2.48 bits per heavy atom. The van der Waals surface area contributed by atoms with Crippen molar-refractivity contribution < 1.29 is 4.79 Å². The molecule has 1 unspecified atom stereocenters. The lowest BCUT2D eigenvalue weighted by Crippen LogP contribution is -2.40. The second kappa shape index (κ2) is 10.3. The Hall–Kier alpha value is -1.35. The van der Waals surface area contributed by atoms with Crippen LogP contribution in [0.3, 0.4) is 0 Å². The van der Waals surface area contributed by atoms with Crippen LogP contribution in [0, 0.1) is 5.92 Å². The van der Waals surface area contributed by atoms with E-state index in [1.807, 2.05) is 24.3 Å². The van der Waals surface area contributed by atoms with E-state index in [4.69, 9.17) is 0 Å². The number of likely N-dealkylation sites (tertiary alicyclic amines) is 1. The lowest BCUT2D eigenvalue weighted by atomic mass is 10.1. The van der Waals surface area contributed by atoms with E-state index in [9.17, 15) is 4.79 Å². The zero-order valence-electron chi connectivity index (χ0n) is 16.6. The van der Waals surface area contributed by atoms with Crippen LogP contribution in [-0.4, -0.2) is 68.5 Å². The van der Waals surface area contributed by atoms with Gasteiger partial charge in [0, 0.05) is 52.4 Å². The van der Waals surface area contributed by atoms with Crippen molar-refractivity contribution in [2.75, 3.05) is 40.8 Å². The van der Waals surface area contributed by atoms with Gasteiger partial charge in [0.15, 0.2) is 5.96 Å². The summed E-state index contributed by atoms with van der Waals surface area (Å²) in [6, 6.07) is 8.60. The number of nitrogens with zero attached hydrogens (tertiary/aromatic N) is 3. The van der Waals surface area contributed by atoms with Crippen LogP contribution >= 0.6 is 24.0 Å². The van der Waals surface area contributed by atoms with Crippen LogP contribution in [0.15, 0.2) is 29.3 Å². The first-order valence-corrected chi connectivity index (χ1v) is 9.56. The number of nitrogens with one attached hydrogen (secondary N) is 2. The minimum absolute atomic E-state index is 0. The lowest BCUT2D eigenvalue weighted by molar-refractivity contribution is 0.0827. The molecule has 0 radical (unpaired) electrons. The van der Waals surface area contributed by atoms with Gasteiger partial charge >= 0.3 is 0 Å². The van der Waals surface area contributed by atoms with Gasteiger partial charge in [-0.05, 0) is 49.4 Å². The van der Waals surface area contributed by atoms with Crippen molar-refractivity contribution in [2.45, 2.75) is 31.8 Å². The number of rotatable bonds is 6. The molecule has 1 saturated heterocycles. The van der Waals surface area contributed by atoms with E-state index in [0.717, 1.165) is 24.1 Å². The van der Waals surface area contributed by atoms with E-state index in [1.54, 1.807) is 26.0 Å². The van der Waals surface area contributed by atoms with E-state index < -0.39 is 0 Å². The molecule has 1 atom stereocenters. The van der Waals surface area contributed by atoms with Crippen molar-refractivity contribution in [3.8, 4) is 0 Å². The molecule has 150 valence electrons. The minimum Gasteiger partial charge on any atom is -0.356 e. The molecule has 1 aliphatic heterocycles. The van der Waals surface area contributed by atoms with Crippen molar-refractivity contribution in [1.82, 2.24) is 20.4 Å². The van der Waals surface area contributed by atoms with Gasteiger partial charge in [0.2, 0.25) is 0 Å². The summed E-state index contributed by atoms with van der Waals surface area (Å²) in [4.78, 5) is 20.5. The van der Waals surface area contributed by atoms with Gasteiger partial charge in [0.05, 0.1) is 0 Å². The molecule has 27 heavy (non-hydrogen) atoms. The molecule has 3 rings (SSSR count). The van der Waals surface area contributed by atoms with Crippen molar-refractivity contribution in [3.63, 3.8) is 0 Å². The average molecular weight is 485 g/mol. The van der Waals surface area contributed by atoms with Gasteiger partial charge in [-0.2, -0.15) is 0 Å². The first-order valence-electron chi connectivity index (χ1n) is 9.56. The molecule has 0 spiro atoms. The van der Waals surface area contributed by atoms with Gasteiger partial charge in [-0.3, -0.25) is 9.79 Å². The predicted molar refractivity (Wildman–Crippen MR) is 121 cm³/mol. The molecule has 2 N–H and O–H groups in total. The summed E-state index contributed by atoms with van der Waals surface area (Å²) >= 11 is 0. The summed E-state index contributed by atoms with van der Waals surface area (Å²) in [5, 5.41) is 6.81. The summed E-state index contributed by atoms with van der Waals surface area (Å²) in [7, 11) is 5.34. The number of hydrogen-bond donors (Lipinski definition) is 2. The molecule has 2 aliphatic rings. The van der Waals surface area contributed by atoms with Crippen molar-refractivity contribution in [3.05, 3.63) is 35.4 Å². The molecule has 0 bridgehead atoms. The van der Waals surface area contributed by atoms with Crippen LogP contribution in [0.1, 0.15) is 35.2 Å². The lowest BCUT2D eigenvalue weighted by Gasteiger charge is -2.17. The number of carbonyl (C=O) groups is 1. The van der Waals surface area contributed by atoms with Gasteiger partial charge in [-0.15, -0.1) is 24.0 Å². The molecule has 0 aromatic heterocycles. The fraction of sp³-hybridized carbons (Fsp3) is 0.600. The Balaban J connectivity index is 0.00000261. The summed E-state index contributed by atoms with van der Waals surface area (Å²) < 4.78 is 0. The fourth-order valence-electron chi connectivity index (χ4n) is 3.47. The second-order valence-electron chi connectivity index (χ2n) is 7.58. The highest BCUT2D eigenvalue weighted by Gasteiger charge is 2.34. The molecule has 1 amide bonds. The molecular formula is C20H32IN5O. The largest absolute Gasteiger partial charge is 0.356 e. The third kappa shape index (κ3) is 6.34. The van der Waals surface area contributed by atoms with Crippen molar-refractivity contribution in [2.24, 2.45) is 10.9 Å². The standard InChI is InChI=1S/C20H31N5O.HI/c1-21-20(23-13-16-10-11-25(14-16)18-8-9-18)22-12-15-4-6-17(7-5-15)19(26)24(2)3;/h4-7,16,18H,8-14H2,1-3H3,(H2,21,22,23);1H. The third-order valence-corrected chi connectivity index (χ3v) is 5.23. The Labute approximate surface area is 179 Å². The van der Waals surface area contributed by atoms with Crippen LogP contribution in [0.2, 0.25) is 0 Å². The zero-order chi connectivity index (χ0) is 18.5. The normalized spacial score (nSPS) is 20.1. The average Bonchev–Trinajstić information content (AvgIpc) is 3.40. The quantitative estimate of drug-likeness (QED) is 0.369. The monoisotopic (exact) mass is 485 g/mol. The van der Waals surface area contributed by atoms with E-state index in [0.29, 0.717) is 18.0 Å². The van der Waals surface area contributed by atoms with E-state index in [1.165, 1.54) is 32.4 Å². The van der Waals surface area contributed by atoms with Crippen LogP contribution in [0.5, 0.6) is 0 Å². The number of amides is 1. The molecule has 1 aliphatic carbocycles. The summed E-state index contributed by atoms with van der Waals surface area (Å²) in [6.07, 6.45) is 4.06. The number of guanidine groups is 1. The van der Waals surface area contributed by atoms with Crippen LogP contribution in [0.25, 0.3) is 0 Å². The van der Waals surface area contributed by atoms with Crippen LogP contribution < -0.4 is 10.6 Å². The topological polar surface area (TPSA) is 60.0 Å². The van der Waals surface area contributed by atoms with Gasteiger partial charge in [-0.1, -0.05) is 12.1 Å². The van der Waals surface area contributed by atoms with Crippen LogP contribution in [-0.2, 0) is 6.54 Å². The number of halogens is 1. The minimum atomic E-state index is 0. The van der Waals surface area contributed by atoms with Gasteiger partial charge in [-0.25, -0.2) is 0 Å². The summed E-state index contributed by atoms with van der Waals surface area (Å²) in [6.45, 7) is 4.13. The van der Waals surface area contributed by atoms with E-state index in [2.05, 4.69) is 20.5 Å². The maximum Gasteiger partial charge on any atom is 0.253 e. The fourth-order valence-corrected chi connectivity index (χ4v) is 3.47.